The Morgan fingerprint density at radius 3 is 1.27 bits per heavy atom. The summed E-state index contributed by atoms with van der Waals surface area (Å²) in [5.74, 6) is -0.507. The summed E-state index contributed by atoms with van der Waals surface area (Å²) >= 11 is 0. The minimum Gasteiger partial charge on any atom is -0.456 e. The standard InChI is InChI=1S/C65H123N2O7P/c1-7-10-13-16-19-22-25-28-30-31-32-33-34-35-37-39-42-45-48-51-54-57-64(68)66-62(61-73-75(70,71)72-60-59-67(4,5)6)63(56-53-50-47-44-41-38-27-24-21-18-15-12-9-3)74-65(69)58-55-52-49-46-43-40-36-29-26-23-20-17-14-11-8-2/h11,14,17,20,23,26,53,56,62-63H,7-10,12-13,15-16,18-19,21-22,24-25,27-52,54-55,57-61H2,1-6H3,(H-,66,68,70,71)/p+1/b14-11+,20-17+,26-23+,56-53+. The van der Waals surface area contributed by atoms with E-state index in [1.54, 1.807) is 0 Å². The predicted molar refractivity (Wildman–Crippen MR) is 323 cm³/mol. The molecule has 440 valence electrons. The fraction of sp³-hybridized carbons (Fsp3) is 0.846. The van der Waals surface area contributed by atoms with Crippen LogP contribution < -0.4 is 5.32 Å². The largest absolute Gasteiger partial charge is 0.472 e. The lowest BCUT2D eigenvalue weighted by Crippen LogP contribution is -2.47. The Morgan fingerprint density at radius 1 is 0.480 bits per heavy atom. The first-order valence-corrected chi connectivity index (χ1v) is 33.5. The molecule has 9 nitrogen and oxygen atoms in total. The molecule has 0 heterocycles. The number of amides is 1. The Balaban J connectivity index is 5.20. The van der Waals surface area contributed by atoms with Crippen LogP contribution in [-0.4, -0.2) is 74.3 Å². The molecule has 0 fully saturated rings. The molecule has 3 unspecified atom stereocenters. The van der Waals surface area contributed by atoms with Gasteiger partial charge in [0.05, 0.1) is 33.8 Å². The minimum atomic E-state index is -4.45. The molecule has 0 rings (SSSR count). The Bertz CT molecular complexity index is 1420. The van der Waals surface area contributed by atoms with Crippen LogP contribution in [0.25, 0.3) is 0 Å². The number of carbonyl (C=O) groups is 2. The number of hydrogen-bond acceptors (Lipinski definition) is 6. The predicted octanol–water partition coefficient (Wildman–Crippen LogP) is 19.7. The zero-order valence-corrected chi connectivity index (χ0v) is 51.2. The van der Waals surface area contributed by atoms with Crippen LogP contribution in [-0.2, 0) is 27.9 Å². The highest BCUT2D eigenvalue weighted by molar-refractivity contribution is 7.47. The molecule has 0 aliphatic rings. The van der Waals surface area contributed by atoms with E-state index in [-0.39, 0.29) is 31.5 Å². The van der Waals surface area contributed by atoms with Gasteiger partial charge >= 0.3 is 13.8 Å². The number of hydrogen-bond donors (Lipinski definition) is 2. The van der Waals surface area contributed by atoms with Gasteiger partial charge in [-0.1, -0.05) is 288 Å². The number of carbonyl (C=O) groups excluding carboxylic acids is 2. The van der Waals surface area contributed by atoms with Crippen LogP contribution in [0.1, 0.15) is 303 Å². The SMILES string of the molecule is CC/C=C/C=C/C=C/CCCCCCCCCC(=O)OC(/C=C/CCCCCCCCCCCCC)C(COP(=O)(O)OCC[N+](C)(C)C)NC(=O)CCCCCCCCCCCCCCCCCCCCCCC. The van der Waals surface area contributed by atoms with E-state index in [9.17, 15) is 19.0 Å². The van der Waals surface area contributed by atoms with Crippen molar-refractivity contribution in [3.8, 4) is 0 Å². The van der Waals surface area contributed by atoms with E-state index in [0.29, 0.717) is 17.4 Å². The zero-order chi connectivity index (χ0) is 55.0. The number of rotatable bonds is 58. The van der Waals surface area contributed by atoms with Crippen molar-refractivity contribution in [3.05, 3.63) is 48.6 Å². The number of allylic oxidation sites excluding steroid dienone is 7. The maximum absolute atomic E-state index is 13.6. The number of quaternary nitrogens is 1. The first-order chi connectivity index (χ1) is 36.4. The van der Waals surface area contributed by atoms with Crippen molar-refractivity contribution < 1.29 is 37.3 Å². The number of nitrogens with one attached hydrogen (secondary N) is 1. The summed E-state index contributed by atoms with van der Waals surface area (Å²) in [5.41, 5.74) is 0. The summed E-state index contributed by atoms with van der Waals surface area (Å²) in [5, 5.41) is 3.06. The molecule has 2 N–H and O–H groups in total. The van der Waals surface area contributed by atoms with Gasteiger partial charge in [0.2, 0.25) is 5.91 Å². The van der Waals surface area contributed by atoms with E-state index in [1.165, 1.54) is 193 Å². The molecule has 0 aromatic rings. The van der Waals surface area contributed by atoms with Gasteiger partial charge in [-0.3, -0.25) is 18.6 Å². The molecule has 0 spiro atoms. The third kappa shape index (κ3) is 56.5. The van der Waals surface area contributed by atoms with Gasteiger partial charge in [0.15, 0.2) is 0 Å². The van der Waals surface area contributed by atoms with Gasteiger partial charge in [-0.25, -0.2) is 4.57 Å². The average Bonchev–Trinajstić information content (AvgIpc) is 3.37. The van der Waals surface area contributed by atoms with Gasteiger partial charge < -0.3 is 19.4 Å². The van der Waals surface area contributed by atoms with Gasteiger partial charge in [0.25, 0.3) is 0 Å². The third-order valence-electron chi connectivity index (χ3n) is 14.3. The molecule has 0 aromatic carbocycles. The van der Waals surface area contributed by atoms with Gasteiger partial charge in [0.1, 0.15) is 19.3 Å². The van der Waals surface area contributed by atoms with Crippen molar-refractivity contribution in [1.29, 1.82) is 0 Å². The molecule has 0 radical (unpaired) electrons. The van der Waals surface area contributed by atoms with Crippen LogP contribution in [0.2, 0.25) is 0 Å². The van der Waals surface area contributed by atoms with Crippen molar-refractivity contribution >= 4 is 19.7 Å². The highest BCUT2D eigenvalue weighted by Gasteiger charge is 2.30. The second-order valence-electron chi connectivity index (χ2n) is 23.0. The maximum Gasteiger partial charge on any atom is 0.472 e. The van der Waals surface area contributed by atoms with E-state index >= 15 is 0 Å². The summed E-state index contributed by atoms with van der Waals surface area (Å²) in [6.45, 7) is 6.91. The molecule has 0 saturated carbocycles. The minimum absolute atomic E-state index is 0.0393. The van der Waals surface area contributed by atoms with Crippen LogP contribution in [0.5, 0.6) is 0 Å². The molecular formula is C65H124N2O7P+. The summed E-state index contributed by atoms with van der Waals surface area (Å²) < 4.78 is 30.7. The second-order valence-corrected chi connectivity index (χ2v) is 24.4. The smallest absolute Gasteiger partial charge is 0.456 e. The van der Waals surface area contributed by atoms with E-state index in [0.717, 1.165) is 77.0 Å². The summed E-state index contributed by atoms with van der Waals surface area (Å²) in [7, 11) is 1.50. The van der Waals surface area contributed by atoms with Crippen LogP contribution >= 0.6 is 7.82 Å². The Kier molecular flexibility index (Phi) is 53.8. The van der Waals surface area contributed by atoms with Crippen LogP contribution in [0.4, 0.5) is 0 Å². The van der Waals surface area contributed by atoms with E-state index in [4.69, 9.17) is 13.8 Å². The summed E-state index contributed by atoms with van der Waals surface area (Å²) in [4.78, 5) is 37.7. The van der Waals surface area contributed by atoms with Crippen LogP contribution in [0.15, 0.2) is 48.6 Å². The lowest BCUT2D eigenvalue weighted by molar-refractivity contribution is -0.870. The molecule has 0 aliphatic heterocycles. The number of phosphoric ester groups is 1. The van der Waals surface area contributed by atoms with Crippen molar-refractivity contribution in [2.45, 2.75) is 315 Å². The zero-order valence-electron chi connectivity index (χ0n) is 50.3. The lowest BCUT2D eigenvalue weighted by Gasteiger charge is -2.27. The Hall–Kier alpha value is -2.03. The molecule has 0 saturated heterocycles. The third-order valence-corrected chi connectivity index (χ3v) is 15.3. The monoisotopic (exact) mass is 1080 g/mol. The summed E-state index contributed by atoms with van der Waals surface area (Å²) in [6.07, 6.45) is 68.2. The van der Waals surface area contributed by atoms with E-state index < -0.39 is 20.0 Å². The first kappa shape index (κ1) is 73.0. The number of phosphoric acid groups is 1. The van der Waals surface area contributed by atoms with E-state index in [1.807, 2.05) is 33.3 Å². The van der Waals surface area contributed by atoms with Gasteiger partial charge in [-0.05, 0) is 51.0 Å². The highest BCUT2D eigenvalue weighted by atomic mass is 31.2. The number of unbranched alkanes of at least 4 members (excludes halogenated alkanes) is 38. The number of likely N-dealkylation sites (N-methyl/N-ethyl adjacent to an activating group) is 1. The Morgan fingerprint density at radius 2 is 0.853 bits per heavy atom. The Labute approximate surface area is 465 Å². The fourth-order valence-electron chi connectivity index (χ4n) is 9.41. The first-order valence-electron chi connectivity index (χ1n) is 32.0. The van der Waals surface area contributed by atoms with Crippen LogP contribution in [0.3, 0.4) is 0 Å². The second kappa shape index (κ2) is 55.3. The molecule has 3 atom stereocenters. The summed E-state index contributed by atoms with van der Waals surface area (Å²) in [6, 6.07) is -0.851. The molecular weight excluding hydrogens is 952 g/mol. The van der Waals surface area contributed by atoms with Crippen molar-refractivity contribution in [1.82, 2.24) is 5.32 Å². The number of ether oxygens (including phenoxy) is 1. The molecule has 0 aliphatic carbocycles. The molecule has 10 heteroatoms. The van der Waals surface area contributed by atoms with Gasteiger partial charge in [-0.15, -0.1) is 0 Å². The van der Waals surface area contributed by atoms with Gasteiger partial charge in [0, 0.05) is 12.8 Å². The average molecular weight is 1080 g/mol. The number of esters is 1. The van der Waals surface area contributed by atoms with E-state index in [2.05, 4.69) is 62.5 Å². The normalized spacial score (nSPS) is 14.0. The highest BCUT2D eigenvalue weighted by Crippen LogP contribution is 2.43. The van der Waals surface area contributed by atoms with Crippen molar-refractivity contribution in [3.63, 3.8) is 0 Å². The fourth-order valence-corrected chi connectivity index (χ4v) is 10.1. The van der Waals surface area contributed by atoms with Crippen molar-refractivity contribution in [2.75, 3.05) is 40.9 Å². The van der Waals surface area contributed by atoms with Crippen LogP contribution in [0, 0.1) is 0 Å². The topological polar surface area (TPSA) is 111 Å². The molecule has 75 heavy (non-hydrogen) atoms. The van der Waals surface area contributed by atoms with Crippen molar-refractivity contribution in [2.24, 2.45) is 0 Å². The quantitative estimate of drug-likeness (QED) is 0.0156. The number of nitrogens with zero attached hydrogens (tertiary/aromatic N) is 1. The maximum atomic E-state index is 13.6. The lowest BCUT2D eigenvalue weighted by atomic mass is 10.0. The molecule has 0 aromatic heterocycles. The molecule has 1 amide bonds. The van der Waals surface area contributed by atoms with Gasteiger partial charge in [-0.2, -0.15) is 0 Å². The molecule has 0 bridgehead atoms.